The van der Waals surface area contributed by atoms with Crippen LogP contribution in [0.15, 0.2) is 24.3 Å². The summed E-state index contributed by atoms with van der Waals surface area (Å²) >= 11 is 0. The predicted molar refractivity (Wildman–Crippen MR) is 106 cm³/mol. The average molecular weight is 410 g/mol. The molecule has 9 nitrogen and oxygen atoms in total. The van der Waals surface area contributed by atoms with Crippen LogP contribution in [0.3, 0.4) is 0 Å². The lowest BCUT2D eigenvalue weighted by Crippen LogP contribution is -2.43. The third kappa shape index (κ3) is 5.43. The Labute approximate surface area is 165 Å². The minimum Gasteiger partial charge on any atom is -0.379 e. The number of nitrogens with zero attached hydrogens (tertiary/aromatic N) is 2. The van der Waals surface area contributed by atoms with Gasteiger partial charge in [0.05, 0.1) is 24.7 Å². The molecule has 0 aliphatic carbocycles. The molecule has 3 rings (SSSR count). The minimum absolute atomic E-state index is 0.149. The van der Waals surface area contributed by atoms with Crippen molar-refractivity contribution in [3.05, 3.63) is 24.3 Å². The Morgan fingerprint density at radius 3 is 2.39 bits per heavy atom. The molecule has 10 heteroatoms. The van der Waals surface area contributed by atoms with Crippen LogP contribution in [0.1, 0.15) is 12.8 Å². The van der Waals surface area contributed by atoms with E-state index in [-0.39, 0.29) is 5.75 Å². The van der Waals surface area contributed by atoms with Crippen LogP contribution in [-0.2, 0) is 24.3 Å². The van der Waals surface area contributed by atoms with Gasteiger partial charge in [0.25, 0.3) is 0 Å². The number of benzene rings is 1. The Balaban J connectivity index is 1.47. The standard InChI is InChI=1S/C18H26N4O5S/c23-17(19-7-9-21-10-12-27-13-11-21)18(24)20-15-3-5-16(6-4-15)22-8-1-2-14-28(22,25)26/h3-6H,1-2,7-14H2,(H,19,23)(H,20,24). The van der Waals surface area contributed by atoms with Crippen LogP contribution in [0.5, 0.6) is 0 Å². The third-order valence-electron chi connectivity index (χ3n) is 4.79. The number of ether oxygens (including phenoxy) is 1. The van der Waals surface area contributed by atoms with Crippen molar-refractivity contribution in [2.75, 3.05) is 61.3 Å². The van der Waals surface area contributed by atoms with E-state index in [0.717, 1.165) is 19.5 Å². The molecule has 0 spiro atoms. The molecule has 0 atom stereocenters. The topological polar surface area (TPSA) is 108 Å². The quantitative estimate of drug-likeness (QED) is 0.662. The molecule has 2 heterocycles. The van der Waals surface area contributed by atoms with Gasteiger partial charge >= 0.3 is 11.8 Å². The number of amides is 2. The van der Waals surface area contributed by atoms with Crippen LogP contribution in [0.2, 0.25) is 0 Å². The van der Waals surface area contributed by atoms with E-state index >= 15 is 0 Å². The predicted octanol–water partition coefficient (Wildman–Crippen LogP) is 0.00350. The molecule has 0 unspecified atom stereocenters. The summed E-state index contributed by atoms with van der Waals surface area (Å²) in [7, 11) is -3.28. The average Bonchev–Trinajstić information content (AvgIpc) is 2.69. The normalized spacial score (nSPS) is 19.8. The molecule has 0 saturated carbocycles. The van der Waals surface area contributed by atoms with Gasteiger partial charge in [-0.3, -0.25) is 18.8 Å². The van der Waals surface area contributed by atoms with Gasteiger partial charge < -0.3 is 15.4 Å². The zero-order chi connectivity index (χ0) is 20.0. The van der Waals surface area contributed by atoms with Crippen LogP contribution in [0, 0.1) is 0 Å². The summed E-state index contributed by atoms with van der Waals surface area (Å²) in [6.07, 6.45) is 1.50. The van der Waals surface area contributed by atoms with Crippen LogP contribution >= 0.6 is 0 Å². The van der Waals surface area contributed by atoms with Gasteiger partial charge in [0.2, 0.25) is 10.0 Å². The molecule has 2 aliphatic heterocycles. The molecule has 0 aromatic heterocycles. The third-order valence-corrected chi connectivity index (χ3v) is 6.66. The molecule has 28 heavy (non-hydrogen) atoms. The summed E-state index contributed by atoms with van der Waals surface area (Å²) in [4.78, 5) is 26.1. The van der Waals surface area contributed by atoms with E-state index in [1.807, 2.05) is 0 Å². The number of morpholine rings is 1. The van der Waals surface area contributed by atoms with Gasteiger partial charge in [-0.25, -0.2) is 8.42 Å². The van der Waals surface area contributed by atoms with Gasteiger partial charge in [0.15, 0.2) is 0 Å². The molecular weight excluding hydrogens is 384 g/mol. The second kappa shape index (κ2) is 9.35. The van der Waals surface area contributed by atoms with E-state index in [2.05, 4.69) is 15.5 Å². The van der Waals surface area contributed by atoms with E-state index in [0.29, 0.717) is 50.6 Å². The van der Waals surface area contributed by atoms with Crippen molar-refractivity contribution in [2.45, 2.75) is 12.8 Å². The molecule has 1 aromatic carbocycles. The highest BCUT2D eigenvalue weighted by molar-refractivity contribution is 7.92. The van der Waals surface area contributed by atoms with Gasteiger partial charge in [0.1, 0.15) is 0 Å². The molecule has 2 amide bonds. The van der Waals surface area contributed by atoms with Crippen molar-refractivity contribution < 1.29 is 22.7 Å². The first kappa shape index (κ1) is 20.6. The smallest absolute Gasteiger partial charge is 0.313 e. The maximum absolute atomic E-state index is 12.1. The van der Waals surface area contributed by atoms with E-state index in [4.69, 9.17) is 4.74 Å². The lowest BCUT2D eigenvalue weighted by atomic mass is 10.2. The summed E-state index contributed by atoms with van der Waals surface area (Å²) in [5.41, 5.74) is 0.999. The first-order valence-electron chi connectivity index (χ1n) is 9.45. The van der Waals surface area contributed by atoms with Crippen molar-refractivity contribution in [3.8, 4) is 0 Å². The van der Waals surface area contributed by atoms with E-state index < -0.39 is 21.8 Å². The fourth-order valence-electron chi connectivity index (χ4n) is 3.21. The fraction of sp³-hybridized carbons (Fsp3) is 0.556. The molecule has 0 bridgehead atoms. The Morgan fingerprint density at radius 1 is 1.00 bits per heavy atom. The summed E-state index contributed by atoms with van der Waals surface area (Å²) in [6.45, 7) is 4.52. The summed E-state index contributed by atoms with van der Waals surface area (Å²) in [5, 5.41) is 5.13. The maximum atomic E-state index is 12.1. The largest absolute Gasteiger partial charge is 0.379 e. The Bertz CT molecular complexity index is 791. The van der Waals surface area contributed by atoms with E-state index in [1.165, 1.54) is 4.31 Å². The van der Waals surface area contributed by atoms with Gasteiger partial charge in [-0.15, -0.1) is 0 Å². The number of carbonyl (C=O) groups excluding carboxylic acids is 2. The van der Waals surface area contributed by atoms with Gasteiger partial charge in [-0.1, -0.05) is 0 Å². The number of anilines is 2. The molecule has 2 saturated heterocycles. The molecule has 2 aliphatic rings. The molecule has 2 N–H and O–H groups in total. The van der Waals surface area contributed by atoms with Crippen molar-refractivity contribution in [2.24, 2.45) is 0 Å². The minimum atomic E-state index is -3.28. The number of hydrogen-bond donors (Lipinski definition) is 2. The second-order valence-corrected chi connectivity index (χ2v) is 8.82. The fourth-order valence-corrected chi connectivity index (χ4v) is 4.85. The van der Waals surface area contributed by atoms with Crippen LogP contribution in [-0.4, -0.2) is 76.8 Å². The molecule has 0 radical (unpaired) electrons. The summed E-state index contributed by atoms with van der Waals surface area (Å²) in [6, 6.07) is 6.46. The lowest BCUT2D eigenvalue weighted by Gasteiger charge is -2.28. The first-order chi connectivity index (χ1) is 13.5. The highest BCUT2D eigenvalue weighted by Crippen LogP contribution is 2.24. The van der Waals surface area contributed by atoms with Crippen molar-refractivity contribution in [1.82, 2.24) is 10.2 Å². The zero-order valence-corrected chi connectivity index (χ0v) is 16.5. The Hall–Kier alpha value is -2.17. The van der Waals surface area contributed by atoms with E-state index in [1.54, 1.807) is 24.3 Å². The van der Waals surface area contributed by atoms with Gasteiger partial charge in [0, 0.05) is 38.4 Å². The maximum Gasteiger partial charge on any atom is 0.313 e. The van der Waals surface area contributed by atoms with Crippen molar-refractivity contribution in [1.29, 1.82) is 0 Å². The van der Waals surface area contributed by atoms with Crippen molar-refractivity contribution >= 4 is 33.2 Å². The van der Waals surface area contributed by atoms with Crippen LogP contribution in [0.4, 0.5) is 11.4 Å². The highest BCUT2D eigenvalue weighted by atomic mass is 32.2. The number of rotatable bonds is 5. The van der Waals surface area contributed by atoms with Gasteiger partial charge in [-0.2, -0.15) is 0 Å². The van der Waals surface area contributed by atoms with Crippen LogP contribution in [0.25, 0.3) is 0 Å². The summed E-state index contributed by atoms with van der Waals surface area (Å²) in [5.74, 6) is -1.30. The monoisotopic (exact) mass is 410 g/mol. The van der Waals surface area contributed by atoms with Gasteiger partial charge in [-0.05, 0) is 37.1 Å². The SMILES string of the molecule is O=C(NCCN1CCOCC1)C(=O)Nc1ccc(N2CCCCS2(=O)=O)cc1. The molecule has 1 aromatic rings. The number of sulfonamides is 1. The summed E-state index contributed by atoms with van der Waals surface area (Å²) < 4.78 is 30.9. The van der Waals surface area contributed by atoms with E-state index in [9.17, 15) is 18.0 Å². The number of hydrogen-bond acceptors (Lipinski definition) is 6. The molecular formula is C18H26N4O5S. The first-order valence-corrected chi connectivity index (χ1v) is 11.1. The molecule has 154 valence electrons. The Kier molecular flexibility index (Phi) is 6.87. The zero-order valence-electron chi connectivity index (χ0n) is 15.7. The second-order valence-electron chi connectivity index (χ2n) is 6.81. The highest BCUT2D eigenvalue weighted by Gasteiger charge is 2.26. The molecule has 2 fully saturated rings. The number of nitrogens with one attached hydrogen (secondary N) is 2. The Morgan fingerprint density at radius 2 is 1.71 bits per heavy atom. The van der Waals surface area contributed by atoms with Crippen LogP contribution < -0.4 is 14.9 Å². The number of carbonyl (C=O) groups is 2. The lowest BCUT2D eigenvalue weighted by molar-refractivity contribution is -0.136. The van der Waals surface area contributed by atoms with Crippen molar-refractivity contribution in [3.63, 3.8) is 0 Å².